The van der Waals surface area contributed by atoms with Crippen molar-refractivity contribution in [1.82, 2.24) is 5.32 Å². The minimum Gasteiger partial charge on any atom is -0.504 e. The summed E-state index contributed by atoms with van der Waals surface area (Å²) in [7, 11) is 0. The van der Waals surface area contributed by atoms with E-state index in [1.165, 1.54) is 72.8 Å². The number of phenols is 1. The van der Waals surface area contributed by atoms with Gasteiger partial charge in [-0.05, 0) is 74.0 Å². The third-order valence-corrected chi connectivity index (χ3v) is 7.58. The van der Waals surface area contributed by atoms with Gasteiger partial charge in [-0.2, -0.15) is 5.26 Å². The molecule has 0 aliphatic rings. The molecule has 4 aromatic carbocycles. The van der Waals surface area contributed by atoms with Crippen molar-refractivity contribution in [2.75, 3.05) is 5.32 Å². The fraction of sp³-hybridized carbons (Fsp3) is 0.184. The summed E-state index contributed by atoms with van der Waals surface area (Å²) in [5.41, 5.74) is 7.37. The topological polar surface area (TPSA) is 226 Å². The van der Waals surface area contributed by atoms with E-state index >= 15 is 0 Å². The lowest BCUT2D eigenvalue weighted by Crippen LogP contribution is -2.44. The number of Topliss-reactive ketones (excluding diaryl/α,β-unsaturated/α-hetero) is 2. The Morgan fingerprint density at radius 1 is 0.804 bits per heavy atom. The quantitative estimate of drug-likeness (QED) is 0.112. The van der Waals surface area contributed by atoms with Gasteiger partial charge in [0.2, 0.25) is 5.91 Å². The summed E-state index contributed by atoms with van der Waals surface area (Å²) < 4.78 is 5.62. The molecule has 0 bridgehead atoms. The zero-order chi connectivity index (χ0) is 37.2. The minimum absolute atomic E-state index is 0.0922. The molecule has 0 fully saturated rings. The Kier molecular flexibility index (Phi) is 12.0. The van der Waals surface area contributed by atoms with Gasteiger partial charge in [0.15, 0.2) is 23.1 Å². The van der Waals surface area contributed by atoms with Gasteiger partial charge in [-0.15, -0.1) is 0 Å². The van der Waals surface area contributed by atoms with Gasteiger partial charge in [-0.1, -0.05) is 30.3 Å². The molecule has 0 aromatic heterocycles. The number of nitrogens with two attached hydrogens (primary N) is 1. The number of primary amides is 1. The molecule has 0 saturated heterocycles. The number of ether oxygens (including phenoxy) is 1. The molecule has 0 unspecified atom stereocenters. The van der Waals surface area contributed by atoms with Crippen LogP contribution in [0.1, 0.15) is 78.4 Å². The third-order valence-electron chi connectivity index (χ3n) is 7.58. The van der Waals surface area contributed by atoms with Crippen molar-refractivity contribution in [2.45, 2.75) is 45.3 Å². The highest BCUT2D eigenvalue weighted by molar-refractivity contribution is 6.05. The Morgan fingerprint density at radius 2 is 1.39 bits per heavy atom. The number of nitrogens with zero attached hydrogens (tertiary/aromatic N) is 1. The maximum Gasteiger partial charge on any atom is 0.339 e. The molecule has 4 rings (SSSR count). The van der Waals surface area contributed by atoms with E-state index in [4.69, 9.17) is 15.7 Å². The number of amides is 3. The summed E-state index contributed by atoms with van der Waals surface area (Å²) in [5, 5.41) is 34.0. The molecule has 0 radical (unpaired) electrons. The minimum atomic E-state index is -1.35. The monoisotopic (exact) mass is 690 g/mol. The molecule has 4 aromatic rings. The smallest absolute Gasteiger partial charge is 0.339 e. The summed E-state index contributed by atoms with van der Waals surface area (Å²) in [6.07, 6.45) is -1.25. The number of aromatic carboxylic acids is 1. The number of rotatable bonds is 15. The number of hydrogen-bond acceptors (Lipinski definition) is 9. The number of carbonyl (C=O) groups excluding carboxylic acids is 5. The Bertz CT molecular complexity index is 2010. The number of ketones is 2. The predicted octanol–water partition coefficient (Wildman–Crippen LogP) is 4.21. The second-order valence-corrected chi connectivity index (χ2v) is 11.8. The van der Waals surface area contributed by atoms with Gasteiger partial charge < -0.3 is 31.3 Å². The first-order chi connectivity index (χ1) is 24.2. The van der Waals surface area contributed by atoms with Gasteiger partial charge in [-0.25, -0.2) is 4.79 Å². The van der Waals surface area contributed by atoms with Crippen LogP contribution in [-0.2, 0) is 22.4 Å². The van der Waals surface area contributed by atoms with E-state index in [1.54, 1.807) is 26.0 Å². The number of aromatic hydroxyl groups is 1. The van der Waals surface area contributed by atoms with Crippen LogP contribution in [0.3, 0.4) is 0 Å². The molecule has 0 spiro atoms. The predicted molar refractivity (Wildman–Crippen MR) is 185 cm³/mol. The van der Waals surface area contributed by atoms with Crippen molar-refractivity contribution in [1.29, 1.82) is 5.26 Å². The SMILES string of the molecule is CC(C)Oc1c(CC(=O)c2ccc(CC(=O)[C@H](CC(N)=O)NC(=O)c3ccc(NC(=O)c4ccc(C#N)cc4)cc3)cc2)ccc(C(=O)O)c1O. The molecule has 0 aliphatic carbocycles. The second-order valence-electron chi connectivity index (χ2n) is 11.8. The van der Waals surface area contributed by atoms with Gasteiger partial charge >= 0.3 is 5.97 Å². The van der Waals surface area contributed by atoms with Crippen LogP contribution in [0.4, 0.5) is 5.69 Å². The van der Waals surface area contributed by atoms with Crippen LogP contribution in [0, 0.1) is 11.3 Å². The number of carboxylic acid groups (broad SMARTS) is 1. The number of carboxylic acids is 1. The molecule has 6 N–H and O–H groups in total. The van der Waals surface area contributed by atoms with E-state index in [9.17, 15) is 39.0 Å². The number of carbonyl (C=O) groups is 6. The van der Waals surface area contributed by atoms with Crippen LogP contribution in [0.2, 0.25) is 0 Å². The Morgan fingerprint density at radius 3 is 1.96 bits per heavy atom. The molecule has 0 saturated carbocycles. The Hall–Kier alpha value is -6.81. The number of nitriles is 1. The summed E-state index contributed by atoms with van der Waals surface area (Å²) >= 11 is 0. The van der Waals surface area contributed by atoms with Crippen LogP contribution in [0.25, 0.3) is 0 Å². The van der Waals surface area contributed by atoms with Gasteiger partial charge in [0.1, 0.15) is 5.56 Å². The van der Waals surface area contributed by atoms with E-state index < -0.39 is 53.8 Å². The lowest BCUT2D eigenvalue weighted by Gasteiger charge is -2.17. The van der Waals surface area contributed by atoms with Crippen molar-refractivity contribution in [3.05, 3.63) is 124 Å². The highest BCUT2D eigenvalue weighted by Crippen LogP contribution is 2.35. The molecule has 0 heterocycles. The number of hydrogen-bond donors (Lipinski definition) is 5. The largest absolute Gasteiger partial charge is 0.504 e. The van der Waals surface area contributed by atoms with Gasteiger partial charge in [0, 0.05) is 40.8 Å². The van der Waals surface area contributed by atoms with E-state index in [0.29, 0.717) is 27.9 Å². The molecule has 13 nitrogen and oxygen atoms in total. The van der Waals surface area contributed by atoms with Crippen molar-refractivity contribution in [3.8, 4) is 17.6 Å². The number of benzene rings is 4. The molecular formula is C38H34N4O9. The zero-order valence-corrected chi connectivity index (χ0v) is 27.6. The first-order valence-corrected chi connectivity index (χ1v) is 15.7. The fourth-order valence-corrected chi connectivity index (χ4v) is 4.99. The van der Waals surface area contributed by atoms with Crippen LogP contribution in [-0.4, -0.2) is 57.6 Å². The zero-order valence-electron chi connectivity index (χ0n) is 27.6. The second kappa shape index (κ2) is 16.5. The third kappa shape index (κ3) is 9.86. The normalized spacial score (nSPS) is 11.2. The molecule has 51 heavy (non-hydrogen) atoms. The summed E-state index contributed by atoms with van der Waals surface area (Å²) in [6, 6.07) is 21.4. The van der Waals surface area contributed by atoms with Crippen LogP contribution >= 0.6 is 0 Å². The molecule has 1 atom stereocenters. The highest BCUT2D eigenvalue weighted by atomic mass is 16.5. The molecular weight excluding hydrogens is 656 g/mol. The highest BCUT2D eigenvalue weighted by Gasteiger charge is 2.25. The maximum atomic E-state index is 13.2. The fourth-order valence-electron chi connectivity index (χ4n) is 4.99. The molecule has 0 aliphatic heterocycles. The van der Waals surface area contributed by atoms with E-state index in [2.05, 4.69) is 10.6 Å². The first kappa shape index (κ1) is 37.0. The molecule has 260 valence electrons. The lowest BCUT2D eigenvalue weighted by molar-refractivity contribution is -0.125. The van der Waals surface area contributed by atoms with Crippen molar-refractivity contribution >= 4 is 40.9 Å². The summed E-state index contributed by atoms with van der Waals surface area (Å²) in [5.74, 6) is -4.75. The van der Waals surface area contributed by atoms with Crippen molar-refractivity contribution in [2.24, 2.45) is 5.73 Å². The standard InChI is InChI=1S/C38H34N4O9/c1-21(2)51-35-27(13-16-29(34(35)46)38(49)50)18-31(43)24-7-3-22(4-8-24)17-32(44)30(19-33(40)45)42-37(48)26-11-14-28(15-12-26)41-36(47)25-9-5-23(20-39)6-10-25/h3-16,21,30,46H,17-19H2,1-2H3,(H2,40,45)(H,41,47)(H,42,48)(H,49,50)/t30-/m0/s1. The molecule has 13 heteroatoms. The lowest BCUT2D eigenvalue weighted by atomic mass is 9.97. The van der Waals surface area contributed by atoms with Gasteiger partial charge in [0.05, 0.1) is 30.2 Å². The van der Waals surface area contributed by atoms with E-state index in [-0.39, 0.29) is 41.1 Å². The Balaban J connectivity index is 1.39. The van der Waals surface area contributed by atoms with Crippen molar-refractivity contribution in [3.63, 3.8) is 0 Å². The average Bonchev–Trinajstić information content (AvgIpc) is 3.09. The summed E-state index contributed by atoms with van der Waals surface area (Å²) in [4.78, 5) is 75.1. The van der Waals surface area contributed by atoms with Gasteiger partial charge in [-0.3, -0.25) is 24.0 Å². The number of anilines is 1. The van der Waals surface area contributed by atoms with Crippen LogP contribution in [0.5, 0.6) is 11.5 Å². The van der Waals surface area contributed by atoms with E-state index in [1.807, 2.05) is 6.07 Å². The van der Waals surface area contributed by atoms with E-state index in [0.717, 1.165) is 0 Å². The maximum absolute atomic E-state index is 13.2. The Labute approximate surface area is 292 Å². The first-order valence-electron chi connectivity index (χ1n) is 15.7. The number of nitrogens with one attached hydrogen (secondary N) is 2. The summed E-state index contributed by atoms with van der Waals surface area (Å²) in [6.45, 7) is 3.39. The van der Waals surface area contributed by atoms with Crippen LogP contribution in [0.15, 0.2) is 84.9 Å². The average molecular weight is 691 g/mol. The van der Waals surface area contributed by atoms with Crippen molar-refractivity contribution < 1.29 is 43.7 Å². The van der Waals surface area contributed by atoms with Crippen LogP contribution < -0.4 is 21.1 Å². The molecule has 3 amide bonds. The van der Waals surface area contributed by atoms with Gasteiger partial charge in [0.25, 0.3) is 11.8 Å².